The summed E-state index contributed by atoms with van der Waals surface area (Å²) in [5, 5.41) is 9.93. The first-order valence-electron chi connectivity index (χ1n) is 14.9. The fourth-order valence-electron chi connectivity index (χ4n) is 5.20. The van der Waals surface area contributed by atoms with Crippen LogP contribution in [-0.4, -0.2) is 51.6 Å². The zero-order valence-electron chi connectivity index (χ0n) is 26.4. The minimum absolute atomic E-state index is 0.00703. The predicted octanol–water partition coefficient (Wildman–Crippen LogP) is 7.57. The highest BCUT2D eigenvalue weighted by Gasteiger charge is 2.54. The summed E-state index contributed by atoms with van der Waals surface area (Å²) in [5.41, 5.74) is 0.0946. The van der Waals surface area contributed by atoms with E-state index in [1.165, 1.54) is 7.11 Å². The topological polar surface area (TPSA) is 83.5 Å². The number of carbonyl (C=O) groups is 1. The van der Waals surface area contributed by atoms with Crippen molar-refractivity contribution in [3.8, 4) is 0 Å². The highest BCUT2D eigenvalue weighted by atomic mass is 28.4. The molecular formula is C34H50O7Si. The summed E-state index contributed by atoms with van der Waals surface area (Å²) >= 11 is 0. The number of hydrogen-bond acceptors (Lipinski definition) is 7. The van der Waals surface area contributed by atoms with E-state index in [9.17, 15) is 10.1 Å². The maximum Gasteiger partial charge on any atom is 0.345 e. The van der Waals surface area contributed by atoms with Crippen LogP contribution in [0.25, 0.3) is 0 Å². The Morgan fingerprint density at radius 2 is 1.55 bits per heavy atom. The molecule has 8 heteroatoms. The van der Waals surface area contributed by atoms with Gasteiger partial charge in [0.2, 0.25) is 5.60 Å². The Morgan fingerprint density at radius 1 is 0.976 bits per heavy atom. The molecule has 2 aromatic rings. The minimum atomic E-state index is -2.19. The number of hydrogen-bond donors (Lipinski definition) is 1. The average molecular weight is 599 g/mol. The van der Waals surface area contributed by atoms with Crippen LogP contribution in [0, 0.1) is 11.3 Å². The molecule has 3 rings (SSSR count). The van der Waals surface area contributed by atoms with Crippen LogP contribution >= 0.6 is 0 Å². The van der Waals surface area contributed by atoms with E-state index in [-0.39, 0.29) is 23.5 Å². The maximum absolute atomic E-state index is 12.8. The summed E-state index contributed by atoms with van der Waals surface area (Å²) in [5.74, 6) is -0.856. The monoisotopic (exact) mass is 598 g/mol. The summed E-state index contributed by atoms with van der Waals surface area (Å²) in [6.45, 7) is 15.4. The van der Waals surface area contributed by atoms with Crippen LogP contribution in [-0.2, 0) is 41.5 Å². The molecule has 0 bridgehead atoms. The summed E-state index contributed by atoms with van der Waals surface area (Å²) < 4.78 is 24.5. The molecule has 0 spiro atoms. The Balaban J connectivity index is 1.87. The predicted molar refractivity (Wildman–Crippen MR) is 167 cm³/mol. The number of benzene rings is 2. The standard InChI is InChI=1S/C34H50O7Si/c1-32(2,3)42(6,7)40-30(19-14-22-38-24-27-15-10-8-11-16-27)33(4)20-21-34(41-36,31(35)37-5)23-29(33)26-39-25-28-17-12-9-13-18-28/h8-13,15-18,20-21,29-30,36H,14,19,22-26H2,1-7H3/t29-,30+,33-,34?/m1/s1. The fourth-order valence-corrected chi connectivity index (χ4v) is 6.64. The Morgan fingerprint density at radius 3 is 2.07 bits per heavy atom. The second-order valence-electron chi connectivity index (χ2n) is 13.1. The molecular weight excluding hydrogens is 548 g/mol. The molecule has 1 aliphatic carbocycles. The van der Waals surface area contributed by atoms with E-state index in [1.807, 2.05) is 54.6 Å². The van der Waals surface area contributed by atoms with Crippen molar-refractivity contribution >= 4 is 14.3 Å². The van der Waals surface area contributed by atoms with Gasteiger partial charge < -0.3 is 18.6 Å². The normalized spacial score (nSPS) is 23.5. The van der Waals surface area contributed by atoms with E-state index in [1.54, 1.807) is 6.08 Å². The summed E-state index contributed by atoms with van der Waals surface area (Å²) in [6, 6.07) is 20.1. The molecule has 1 N–H and O–H groups in total. The highest BCUT2D eigenvalue weighted by Crippen LogP contribution is 2.49. The molecule has 0 saturated carbocycles. The highest BCUT2D eigenvalue weighted by molar-refractivity contribution is 6.74. The molecule has 2 aromatic carbocycles. The molecule has 42 heavy (non-hydrogen) atoms. The SMILES string of the molecule is COC(=O)C1(OO)C=C[C@@](C)([C@H](CCCOCc2ccccc2)O[Si](C)(C)C(C)(C)C)[C@@H](COCc2ccccc2)C1. The van der Waals surface area contributed by atoms with Crippen molar-refractivity contribution in [2.75, 3.05) is 20.3 Å². The summed E-state index contributed by atoms with van der Waals surface area (Å²) in [4.78, 5) is 17.7. The average Bonchev–Trinajstić information content (AvgIpc) is 2.97. The third kappa shape index (κ3) is 8.62. The molecule has 4 atom stereocenters. The van der Waals surface area contributed by atoms with Crippen LogP contribution in [0.15, 0.2) is 72.8 Å². The molecule has 0 amide bonds. The lowest BCUT2D eigenvalue weighted by Gasteiger charge is -2.50. The lowest BCUT2D eigenvalue weighted by molar-refractivity contribution is -0.311. The second-order valence-corrected chi connectivity index (χ2v) is 17.9. The molecule has 232 valence electrons. The smallest absolute Gasteiger partial charge is 0.345 e. The Kier molecular flexibility index (Phi) is 12.1. The molecule has 1 aliphatic rings. The largest absolute Gasteiger partial charge is 0.467 e. The van der Waals surface area contributed by atoms with Gasteiger partial charge in [0.05, 0.1) is 33.0 Å². The van der Waals surface area contributed by atoms with Crippen molar-refractivity contribution in [3.63, 3.8) is 0 Å². The maximum atomic E-state index is 12.8. The Bertz CT molecular complexity index is 1130. The van der Waals surface area contributed by atoms with Crippen LogP contribution in [0.5, 0.6) is 0 Å². The molecule has 0 saturated heterocycles. The Labute approximate surface area is 253 Å². The first-order chi connectivity index (χ1) is 19.9. The van der Waals surface area contributed by atoms with Gasteiger partial charge in [-0.05, 0) is 54.1 Å². The van der Waals surface area contributed by atoms with Gasteiger partial charge in [-0.25, -0.2) is 9.68 Å². The number of esters is 1. The van der Waals surface area contributed by atoms with Gasteiger partial charge in [-0.3, -0.25) is 5.26 Å². The molecule has 0 heterocycles. The molecule has 1 unspecified atom stereocenters. The summed E-state index contributed by atoms with van der Waals surface area (Å²) in [7, 11) is -0.898. The van der Waals surface area contributed by atoms with Gasteiger partial charge in [-0.1, -0.05) is 94.4 Å². The number of carbonyl (C=O) groups excluding carboxylic acids is 1. The molecule has 7 nitrogen and oxygen atoms in total. The number of rotatable bonds is 15. The zero-order valence-corrected chi connectivity index (χ0v) is 27.4. The van der Waals surface area contributed by atoms with Crippen molar-refractivity contribution in [2.45, 2.75) is 90.0 Å². The van der Waals surface area contributed by atoms with Crippen LogP contribution in [0.1, 0.15) is 58.1 Å². The van der Waals surface area contributed by atoms with E-state index >= 15 is 0 Å². The number of ether oxygens (including phenoxy) is 3. The van der Waals surface area contributed by atoms with E-state index < -0.39 is 25.3 Å². The van der Waals surface area contributed by atoms with Gasteiger partial charge in [0.15, 0.2) is 8.32 Å². The third-order valence-corrected chi connectivity index (χ3v) is 13.6. The lowest BCUT2D eigenvalue weighted by Crippen LogP contribution is -2.55. The van der Waals surface area contributed by atoms with Crippen LogP contribution in [0.2, 0.25) is 18.1 Å². The third-order valence-electron chi connectivity index (χ3n) is 9.07. The van der Waals surface area contributed by atoms with E-state index in [0.717, 1.165) is 24.0 Å². The van der Waals surface area contributed by atoms with Crippen LogP contribution in [0.4, 0.5) is 0 Å². The molecule has 0 fully saturated rings. The van der Waals surface area contributed by atoms with Gasteiger partial charge in [0.1, 0.15) is 0 Å². The fraction of sp³-hybridized carbons (Fsp3) is 0.559. The molecule has 0 aromatic heterocycles. The number of methoxy groups -OCH3 is 1. The first-order valence-corrected chi connectivity index (χ1v) is 17.8. The van der Waals surface area contributed by atoms with Gasteiger partial charge >= 0.3 is 5.97 Å². The van der Waals surface area contributed by atoms with Crippen molar-refractivity contribution in [3.05, 3.63) is 83.9 Å². The lowest BCUT2D eigenvalue weighted by atomic mass is 9.64. The zero-order chi connectivity index (χ0) is 30.9. The molecule has 0 aliphatic heterocycles. The van der Waals surface area contributed by atoms with Crippen molar-refractivity contribution < 1.29 is 33.6 Å². The van der Waals surface area contributed by atoms with Gasteiger partial charge in [0.25, 0.3) is 0 Å². The van der Waals surface area contributed by atoms with Crippen LogP contribution < -0.4 is 0 Å². The van der Waals surface area contributed by atoms with Crippen molar-refractivity contribution in [1.29, 1.82) is 0 Å². The minimum Gasteiger partial charge on any atom is -0.467 e. The van der Waals surface area contributed by atoms with E-state index in [0.29, 0.717) is 26.4 Å². The second kappa shape index (κ2) is 14.9. The van der Waals surface area contributed by atoms with Gasteiger partial charge in [0, 0.05) is 18.4 Å². The first kappa shape index (κ1) is 34.2. The van der Waals surface area contributed by atoms with Crippen LogP contribution in [0.3, 0.4) is 0 Å². The van der Waals surface area contributed by atoms with Crippen molar-refractivity contribution in [1.82, 2.24) is 0 Å². The quantitative estimate of drug-likeness (QED) is 0.0565. The summed E-state index contributed by atoms with van der Waals surface area (Å²) in [6.07, 6.45) is 5.21. The Hall–Kier alpha value is -2.33. The van der Waals surface area contributed by atoms with Crippen molar-refractivity contribution in [2.24, 2.45) is 11.3 Å². The van der Waals surface area contributed by atoms with E-state index in [2.05, 4.69) is 52.9 Å². The van der Waals surface area contributed by atoms with Gasteiger partial charge in [-0.2, -0.15) is 0 Å². The van der Waals surface area contributed by atoms with E-state index in [4.69, 9.17) is 23.5 Å². The molecule has 0 radical (unpaired) electrons. The van der Waals surface area contributed by atoms with Gasteiger partial charge in [-0.15, -0.1) is 0 Å².